The van der Waals surface area contributed by atoms with Gasteiger partial charge in [0.05, 0.1) is 35.9 Å². The molecule has 0 radical (unpaired) electrons. The van der Waals surface area contributed by atoms with Gasteiger partial charge in [-0.1, -0.05) is 103 Å². The van der Waals surface area contributed by atoms with Crippen molar-refractivity contribution in [3.8, 4) is 11.1 Å². The van der Waals surface area contributed by atoms with E-state index in [2.05, 4.69) is 32.6 Å². The van der Waals surface area contributed by atoms with E-state index in [0.29, 0.717) is 94.8 Å². The molecule has 10 rings (SSSR count). The topological polar surface area (TPSA) is 157 Å². The quantitative estimate of drug-likeness (QED) is 0.0374. The number of nitrogens with one attached hydrogen (secondary N) is 2. The van der Waals surface area contributed by atoms with Crippen LogP contribution in [0.15, 0.2) is 146 Å². The van der Waals surface area contributed by atoms with Gasteiger partial charge in [0.2, 0.25) is 17.7 Å². The van der Waals surface area contributed by atoms with Crippen molar-refractivity contribution in [2.24, 2.45) is 0 Å². The first-order valence-electron chi connectivity index (χ1n) is 33.8. The van der Waals surface area contributed by atoms with E-state index in [0.717, 1.165) is 91.1 Å². The monoisotopic (exact) mass is 1360 g/mol. The molecular formula is C75H87F7N8O8. The molecule has 1 unspecified atom stereocenters. The first kappa shape index (κ1) is 72.4. The fourth-order valence-corrected chi connectivity index (χ4v) is 13.8. The summed E-state index contributed by atoms with van der Waals surface area (Å²) in [6, 6.07) is 39.8. The highest BCUT2D eigenvalue weighted by atomic mass is 19.4. The molecule has 3 aliphatic heterocycles. The number of alkyl halides is 6. The van der Waals surface area contributed by atoms with E-state index in [-0.39, 0.29) is 62.0 Å². The number of carbonyl (C=O) groups is 5. The Kier molecular flexibility index (Phi) is 24.0. The molecule has 0 aromatic heterocycles. The third-order valence-corrected chi connectivity index (χ3v) is 19.8. The number of piperidine rings is 2. The number of hydrogen-bond donors (Lipinski definition) is 2. The molecule has 5 amide bonds. The van der Waals surface area contributed by atoms with Gasteiger partial charge in [0.25, 0.3) is 5.91 Å². The van der Waals surface area contributed by atoms with Gasteiger partial charge in [-0.3, -0.25) is 24.5 Å². The highest BCUT2D eigenvalue weighted by molar-refractivity contribution is 5.95. The largest absolute Gasteiger partial charge is 0.446 e. The molecule has 3 saturated heterocycles. The zero-order chi connectivity index (χ0) is 69.6. The Bertz CT molecular complexity index is 3650. The Morgan fingerprint density at radius 2 is 1.29 bits per heavy atom. The van der Waals surface area contributed by atoms with Crippen molar-refractivity contribution in [2.45, 2.75) is 113 Å². The number of likely N-dealkylation sites (N-methyl/N-ethyl adjacent to an activating group) is 3. The maximum atomic E-state index is 14.2. The van der Waals surface area contributed by atoms with Crippen molar-refractivity contribution in [1.82, 2.24) is 29.4 Å². The minimum Gasteiger partial charge on any atom is -0.446 e. The molecule has 1 spiro atoms. The van der Waals surface area contributed by atoms with E-state index in [4.69, 9.17) is 14.2 Å². The average Bonchev–Trinajstić information content (AvgIpc) is 1.58. The summed E-state index contributed by atoms with van der Waals surface area (Å²) in [5.41, 5.74) is 1.61. The van der Waals surface area contributed by atoms with Crippen LogP contribution in [0.25, 0.3) is 11.1 Å². The van der Waals surface area contributed by atoms with E-state index < -0.39 is 64.6 Å². The van der Waals surface area contributed by atoms with Gasteiger partial charge in [-0.25, -0.2) is 9.18 Å². The van der Waals surface area contributed by atoms with Crippen molar-refractivity contribution in [1.29, 1.82) is 0 Å². The van der Waals surface area contributed by atoms with Crippen LogP contribution in [0.2, 0.25) is 0 Å². The predicted molar refractivity (Wildman–Crippen MR) is 359 cm³/mol. The lowest BCUT2D eigenvalue weighted by atomic mass is 9.72. The molecule has 3 heterocycles. The molecule has 1 aliphatic carbocycles. The van der Waals surface area contributed by atoms with Crippen molar-refractivity contribution in [3.63, 3.8) is 0 Å². The second-order valence-electron chi connectivity index (χ2n) is 26.4. The zero-order valence-corrected chi connectivity index (χ0v) is 55.8. The van der Waals surface area contributed by atoms with E-state index in [1.165, 1.54) is 29.8 Å². The second kappa shape index (κ2) is 32.5. The van der Waals surface area contributed by atoms with Crippen LogP contribution in [-0.2, 0) is 64.8 Å². The van der Waals surface area contributed by atoms with E-state index >= 15 is 0 Å². The molecule has 4 aliphatic rings. The van der Waals surface area contributed by atoms with Crippen LogP contribution in [0.5, 0.6) is 0 Å². The van der Waals surface area contributed by atoms with E-state index in [9.17, 15) is 54.7 Å². The Hall–Kier alpha value is -8.38. The number of ether oxygens (including phenoxy) is 3. The number of amides is 5. The van der Waals surface area contributed by atoms with Gasteiger partial charge < -0.3 is 48.9 Å². The van der Waals surface area contributed by atoms with E-state index in [1.807, 2.05) is 98.0 Å². The van der Waals surface area contributed by atoms with Crippen molar-refractivity contribution < 1.29 is 68.9 Å². The first-order valence-corrected chi connectivity index (χ1v) is 33.8. The van der Waals surface area contributed by atoms with Crippen LogP contribution in [0, 0.1) is 5.82 Å². The normalized spacial score (nSPS) is 18.1. The Balaban J connectivity index is 0.595. The minimum absolute atomic E-state index is 0.0277. The summed E-state index contributed by atoms with van der Waals surface area (Å²) in [7, 11) is 5.34. The maximum absolute atomic E-state index is 14.2. The zero-order valence-electron chi connectivity index (χ0n) is 55.8. The lowest BCUT2D eigenvalue weighted by Gasteiger charge is -2.44. The van der Waals surface area contributed by atoms with Gasteiger partial charge in [-0.05, 0) is 147 Å². The number of nitrogens with zero attached hydrogens (tertiary/aromatic N) is 6. The average molecular weight is 1360 g/mol. The smallest absolute Gasteiger partial charge is 0.416 e. The van der Waals surface area contributed by atoms with Crippen LogP contribution in [-0.4, -0.2) is 178 Å². The van der Waals surface area contributed by atoms with Crippen molar-refractivity contribution in [3.05, 3.63) is 190 Å². The summed E-state index contributed by atoms with van der Waals surface area (Å²) in [6.45, 7) is 5.44. The summed E-state index contributed by atoms with van der Waals surface area (Å²) >= 11 is 0. The third kappa shape index (κ3) is 18.7. The summed E-state index contributed by atoms with van der Waals surface area (Å²) in [5.74, 6) is -1.70. The number of fused-ring (bicyclic) bond motifs is 2. The van der Waals surface area contributed by atoms with Crippen LogP contribution < -0.4 is 10.6 Å². The Morgan fingerprint density at radius 1 is 0.653 bits per heavy atom. The first-order chi connectivity index (χ1) is 46.9. The summed E-state index contributed by atoms with van der Waals surface area (Å²) < 4.78 is 116. The lowest BCUT2D eigenvalue weighted by molar-refractivity contribution is -0.143. The summed E-state index contributed by atoms with van der Waals surface area (Å²) in [5, 5.41) is 6.38. The number of benzene rings is 6. The Morgan fingerprint density at radius 3 is 1.98 bits per heavy atom. The minimum atomic E-state index is -5.15. The molecule has 16 nitrogen and oxygen atoms in total. The van der Waals surface area contributed by atoms with Crippen LogP contribution >= 0.6 is 0 Å². The maximum Gasteiger partial charge on any atom is 0.416 e. The van der Waals surface area contributed by atoms with Gasteiger partial charge >= 0.3 is 18.4 Å². The highest BCUT2D eigenvalue weighted by Crippen LogP contribution is 2.48. The molecular weight excluding hydrogens is 1270 g/mol. The van der Waals surface area contributed by atoms with Crippen LogP contribution in [0.3, 0.4) is 0 Å². The van der Waals surface area contributed by atoms with E-state index in [1.54, 1.807) is 28.8 Å². The van der Waals surface area contributed by atoms with Crippen molar-refractivity contribution >= 4 is 41.1 Å². The van der Waals surface area contributed by atoms with Gasteiger partial charge in [-0.15, -0.1) is 0 Å². The van der Waals surface area contributed by atoms with Gasteiger partial charge in [0, 0.05) is 102 Å². The molecule has 0 bridgehead atoms. The van der Waals surface area contributed by atoms with Crippen LogP contribution in [0.4, 0.5) is 46.9 Å². The molecule has 0 saturated carbocycles. The molecule has 6 aromatic rings. The standard InChI is InChI=1S/C75H87F7N8O8/c1-85(68(92)45-53-22-28-61(29-23-53)83-35-13-5-8-21-67(91)87(3)43-44-88-38-30-62(31-39-88)98-71(95)84-65-20-12-10-18-63(65)54-15-6-4-7-16-54)36-14-37-86(2)69(93)50-96-66-48-55-17-9-11-19-64(55)72(66)32-40-89(41-33-72)42-34-73(57-24-26-60(76)27-25-57)51-90(52-97-73)70(94)56-46-58(74(77,78)79)49-59(47-56)75(80,81)82/h4,6-7,9-12,15-20,22-29,46-47,49,62,66,83H,5,8,13-14,21,30-45,48,50-52H2,1-3H3,(H,84,95)/t66?,73-/m0/s1. The molecule has 3 fully saturated rings. The fourth-order valence-electron chi connectivity index (χ4n) is 13.8. The number of anilines is 2. The number of para-hydroxylation sites is 1. The molecule has 2 N–H and O–H groups in total. The Labute approximate surface area is 568 Å². The molecule has 6 aromatic carbocycles. The number of likely N-dealkylation sites (tertiary alicyclic amines) is 2. The number of hydrogen-bond acceptors (Lipinski definition) is 11. The van der Waals surface area contributed by atoms with Gasteiger partial charge in [0.15, 0.2) is 0 Å². The van der Waals surface area contributed by atoms with Crippen LogP contribution in [0.1, 0.15) is 108 Å². The number of carbonyl (C=O) groups excluding carboxylic acids is 5. The second-order valence-corrected chi connectivity index (χ2v) is 26.4. The summed E-state index contributed by atoms with van der Waals surface area (Å²) in [6.07, 6.45) is -3.66. The number of unbranched alkanes of at least 4 members (excludes halogenated alkanes) is 2. The number of rotatable bonds is 27. The molecule has 524 valence electrons. The fraction of sp³-hybridized carbons (Fsp3) is 0.453. The van der Waals surface area contributed by atoms with Gasteiger partial charge in [-0.2, -0.15) is 26.3 Å². The third-order valence-electron chi connectivity index (χ3n) is 19.8. The van der Waals surface area contributed by atoms with Gasteiger partial charge in [0.1, 0.15) is 30.9 Å². The van der Waals surface area contributed by atoms with Crippen molar-refractivity contribution in [2.75, 3.05) is 117 Å². The number of halogens is 7. The summed E-state index contributed by atoms with van der Waals surface area (Å²) in [4.78, 5) is 77.3. The molecule has 23 heteroatoms. The SMILES string of the molecule is CN(CCN1CCC(OC(=O)Nc2ccccc2-c2ccccc2)CC1)C(=O)CCCCCNc1ccc(CC(=O)N(C)CCCN(C)C(=O)COC2Cc3ccccc3C23CCN(CC[C@@]2(c4ccc(F)cc4)CN(C(=O)c4cc(C(F)(F)F)cc(C(F)(F)F)c4)CO2)CC3)cc1. The lowest BCUT2D eigenvalue weighted by Crippen LogP contribution is -2.50. The molecule has 2 atom stereocenters. The highest BCUT2D eigenvalue weighted by Gasteiger charge is 2.50. The molecule has 98 heavy (non-hydrogen) atoms. The predicted octanol–water partition coefficient (Wildman–Crippen LogP) is 12.9.